The Labute approximate surface area is 77.5 Å². The van der Waals surface area contributed by atoms with Crippen molar-refractivity contribution >= 4 is 15.8 Å². The van der Waals surface area contributed by atoms with Crippen LogP contribution in [0.25, 0.3) is 0 Å². The molecule has 1 heterocycles. The van der Waals surface area contributed by atoms with Crippen molar-refractivity contribution in [3.63, 3.8) is 0 Å². The molecule has 0 amide bonds. The molecular formula is C7H13N3O2S. The lowest BCUT2D eigenvalue weighted by Gasteiger charge is -2.02. The fourth-order valence-electron chi connectivity index (χ4n) is 1.03. The van der Waals surface area contributed by atoms with Gasteiger partial charge in [-0.15, -0.1) is 0 Å². The van der Waals surface area contributed by atoms with Gasteiger partial charge in [-0.2, -0.15) is 0 Å². The quantitative estimate of drug-likeness (QED) is 0.741. The van der Waals surface area contributed by atoms with Gasteiger partial charge in [0.05, 0.1) is 5.75 Å². The lowest BCUT2D eigenvalue weighted by atomic mass is 10.5. The van der Waals surface area contributed by atoms with Crippen molar-refractivity contribution in [2.45, 2.75) is 13.0 Å². The normalized spacial score (nSPS) is 11.8. The number of aromatic nitrogens is 2. The Balaban J connectivity index is 2.41. The van der Waals surface area contributed by atoms with Crippen molar-refractivity contribution < 1.29 is 8.42 Å². The van der Waals surface area contributed by atoms with E-state index in [0.29, 0.717) is 18.9 Å². The number of aryl methyl sites for hydroxylation is 1. The molecule has 0 aliphatic carbocycles. The minimum atomic E-state index is -2.86. The summed E-state index contributed by atoms with van der Waals surface area (Å²) in [6.07, 6.45) is 5.12. The lowest BCUT2D eigenvalue weighted by molar-refractivity contribution is 0.592. The third-order valence-electron chi connectivity index (χ3n) is 1.66. The Hall–Kier alpha value is -1.04. The molecule has 1 aromatic rings. The molecule has 0 aliphatic rings. The fourth-order valence-corrected chi connectivity index (χ4v) is 1.68. The van der Waals surface area contributed by atoms with E-state index in [1.807, 2.05) is 0 Å². The molecule has 0 radical (unpaired) electrons. The van der Waals surface area contributed by atoms with Crippen LogP contribution in [0.15, 0.2) is 12.4 Å². The highest BCUT2D eigenvalue weighted by atomic mass is 32.2. The van der Waals surface area contributed by atoms with Gasteiger partial charge in [0.1, 0.15) is 9.84 Å². The van der Waals surface area contributed by atoms with Crippen LogP contribution in [0.4, 0.5) is 5.95 Å². The van der Waals surface area contributed by atoms with Crippen LogP contribution in [-0.2, 0) is 16.4 Å². The minimum Gasteiger partial charge on any atom is -0.369 e. The molecule has 6 heteroatoms. The SMILES string of the molecule is CS(=O)(=O)CCCn1ccnc1N. The maximum absolute atomic E-state index is 10.8. The predicted octanol–water partition coefficient (Wildman–Crippen LogP) is -0.100. The summed E-state index contributed by atoms with van der Waals surface area (Å²) in [6, 6.07) is 0. The number of anilines is 1. The van der Waals surface area contributed by atoms with Crippen LogP contribution >= 0.6 is 0 Å². The highest BCUT2D eigenvalue weighted by Crippen LogP contribution is 2.00. The topological polar surface area (TPSA) is 78.0 Å². The minimum absolute atomic E-state index is 0.185. The summed E-state index contributed by atoms with van der Waals surface area (Å²) in [5.41, 5.74) is 5.49. The van der Waals surface area contributed by atoms with E-state index in [4.69, 9.17) is 5.73 Å². The van der Waals surface area contributed by atoms with Gasteiger partial charge in [-0.3, -0.25) is 0 Å². The smallest absolute Gasteiger partial charge is 0.200 e. The van der Waals surface area contributed by atoms with E-state index in [1.165, 1.54) is 6.26 Å². The van der Waals surface area contributed by atoms with E-state index in [9.17, 15) is 8.42 Å². The predicted molar refractivity (Wildman–Crippen MR) is 51.0 cm³/mol. The Morgan fingerprint density at radius 1 is 1.62 bits per heavy atom. The van der Waals surface area contributed by atoms with E-state index < -0.39 is 9.84 Å². The number of sulfone groups is 1. The van der Waals surface area contributed by atoms with Crippen LogP contribution in [0.5, 0.6) is 0 Å². The lowest BCUT2D eigenvalue weighted by Crippen LogP contribution is -2.08. The second-order valence-electron chi connectivity index (χ2n) is 2.96. The monoisotopic (exact) mass is 203 g/mol. The molecule has 0 spiro atoms. The number of hydrogen-bond donors (Lipinski definition) is 1. The summed E-state index contributed by atoms with van der Waals surface area (Å²) >= 11 is 0. The zero-order valence-corrected chi connectivity index (χ0v) is 8.29. The molecule has 0 fully saturated rings. The van der Waals surface area contributed by atoms with Crippen molar-refractivity contribution in [2.24, 2.45) is 0 Å². The van der Waals surface area contributed by atoms with Crippen molar-refractivity contribution in [2.75, 3.05) is 17.7 Å². The number of hydrogen-bond acceptors (Lipinski definition) is 4. The van der Waals surface area contributed by atoms with Gasteiger partial charge in [0.25, 0.3) is 0 Å². The van der Waals surface area contributed by atoms with Crippen molar-refractivity contribution in [3.8, 4) is 0 Å². The van der Waals surface area contributed by atoms with Gasteiger partial charge < -0.3 is 10.3 Å². The summed E-state index contributed by atoms with van der Waals surface area (Å²) in [5.74, 6) is 0.610. The van der Waals surface area contributed by atoms with E-state index in [2.05, 4.69) is 4.98 Å². The number of nitrogen functional groups attached to an aromatic ring is 1. The van der Waals surface area contributed by atoms with Gasteiger partial charge in [-0.1, -0.05) is 0 Å². The molecule has 0 aromatic carbocycles. The van der Waals surface area contributed by atoms with E-state index in [-0.39, 0.29) is 5.75 Å². The second-order valence-corrected chi connectivity index (χ2v) is 5.22. The van der Waals surface area contributed by atoms with Gasteiger partial charge in [0.15, 0.2) is 5.95 Å². The van der Waals surface area contributed by atoms with Crippen LogP contribution < -0.4 is 5.73 Å². The molecule has 5 nitrogen and oxygen atoms in total. The summed E-state index contributed by atoms with van der Waals surface area (Å²) < 4.78 is 23.3. The molecule has 0 saturated carbocycles. The van der Waals surface area contributed by atoms with Crippen LogP contribution in [0.3, 0.4) is 0 Å². The summed E-state index contributed by atoms with van der Waals surface area (Å²) in [7, 11) is -2.86. The highest BCUT2D eigenvalue weighted by Gasteiger charge is 2.02. The molecule has 2 N–H and O–H groups in total. The van der Waals surface area contributed by atoms with E-state index in [0.717, 1.165) is 0 Å². The molecule has 1 rings (SSSR count). The first-order valence-corrected chi connectivity index (χ1v) is 5.99. The van der Waals surface area contributed by atoms with Gasteiger partial charge >= 0.3 is 0 Å². The largest absolute Gasteiger partial charge is 0.369 e. The second kappa shape index (κ2) is 3.78. The zero-order valence-electron chi connectivity index (χ0n) is 7.47. The standard InChI is InChI=1S/C7H13N3O2S/c1-13(11,12)6-2-4-10-5-3-9-7(10)8/h3,5H,2,4,6H2,1H3,(H2,8,9). The zero-order chi connectivity index (χ0) is 9.90. The van der Waals surface area contributed by atoms with Crippen LogP contribution in [0.2, 0.25) is 0 Å². The van der Waals surface area contributed by atoms with Crippen molar-refractivity contribution in [1.82, 2.24) is 9.55 Å². The molecule has 0 saturated heterocycles. The van der Waals surface area contributed by atoms with Gasteiger partial charge in [0, 0.05) is 25.2 Å². The highest BCUT2D eigenvalue weighted by molar-refractivity contribution is 7.90. The summed E-state index contributed by atoms with van der Waals surface area (Å²) in [6.45, 7) is 0.596. The number of imidazole rings is 1. The van der Waals surface area contributed by atoms with Gasteiger partial charge in [0.2, 0.25) is 0 Å². The maximum Gasteiger partial charge on any atom is 0.200 e. The first-order valence-electron chi connectivity index (χ1n) is 3.93. The Morgan fingerprint density at radius 2 is 2.31 bits per heavy atom. The van der Waals surface area contributed by atoms with Crippen LogP contribution in [-0.4, -0.2) is 30.0 Å². The van der Waals surface area contributed by atoms with Crippen molar-refractivity contribution in [1.29, 1.82) is 0 Å². The summed E-state index contributed by atoms with van der Waals surface area (Å²) in [5, 5.41) is 0. The number of nitrogens with two attached hydrogens (primary N) is 1. The van der Waals surface area contributed by atoms with Crippen molar-refractivity contribution in [3.05, 3.63) is 12.4 Å². The Morgan fingerprint density at radius 3 is 2.77 bits per heavy atom. The number of rotatable bonds is 4. The van der Waals surface area contributed by atoms with E-state index >= 15 is 0 Å². The molecule has 0 aliphatic heterocycles. The molecular weight excluding hydrogens is 190 g/mol. The molecule has 0 atom stereocenters. The number of nitrogens with zero attached hydrogens (tertiary/aromatic N) is 2. The first kappa shape index (κ1) is 10.0. The molecule has 74 valence electrons. The van der Waals surface area contributed by atoms with Crippen LogP contribution in [0, 0.1) is 0 Å². The first-order chi connectivity index (χ1) is 5.99. The Kier molecular flexibility index (Phi) is 2.92. The van der Waals surface area contributed by atoms with E-state index in [1.54, 1.807) is 17.0 Å². The third-order valence-corrected chi connectivity index (χ3v) is 2.69. The van der Waals surface area contributed by atoms with Gasteiger partial charge in [-0.25, -0.2) is 13.4 Å². The third kappa shape index (κ3) is 3.45. The molecule has 13 heavy (non-hydrogen) atoms. The molecule has 0 unspecified atom stereocenters. The fraction of sp³-hybridized carbons (Fsp3) is 0.571. The summed E-state index contributed by atoms with van der Waals surface area (Å²) in [4.78, 5) is 3.82. The van der Waals surface area contributed by atoms with Gasteiger partial charge in [-0.05, 0) is 6.42 Å². The average molecular weight is 203 g/mol. The molecule has 0 bridgehead atoms. The average Bonchev–Trinajstić information content (AvgIpc) is 2.34. The maximum atomic E-state index is 10.8. The Bertz CT molecular complexity index is 369. The molecule has 1 aromatic heterocycles. The van der Waals surface area contributed by atoms with Crippen LogP contribution in [0.1, 0.15) is 6.42 Å².